The van der Waals surface area contributed by atoms with Gasteiger partial charge in [-0.15, -0.1) is 11.8 Å². The minimum absolute atomic E-state index is 0.522. The van der Waals surface area contributed by atoms with Crippen LogP contribution < -0.4 is 4.90 Å². The molecule has 0 saturated heterocycles. The molecule has 49 heavy (non-hydrogen) atoms. The largest absolute Gasteiger partial charge is 0.460 e. The van der Waals surface area contributed by atoms with E-state index in [9.17, 15) is 0 Å². The van der Waals surface area contributed by atoms with Crippen molar-refractivity contribution in [3.8, 4) is 11.1 Å². The first-order chi connectivity index (χ1) is 24.3. The highest BCUT2D eigenvalue weighted by Gasteiger charge is 2.29. The summed E-state index contributed by atoms with van der Waals surface area (Å²) in [6, 6.07) is 40.3. The van der Waals surface area contributed by atoms with E-state index in [1.54, 1.807) is 0 Å². The maximum Gasteiger partial charge on any atom is 0.135 e. The van der Waals surface area contributed by atoms with Crippen molar-refractivity contribution < 1.29 is 4.42 Å². The lowest BCUT2D eigenvalue weighted by Crippen LogP contribution is -2.10. The van der Waals surface area contributed by atoms with Crippen molar-refractivity contribution in [3.63, 3.8) is 0 Å². The number of benzene rings is 5. The second-order valence-electron chi connectivity index (χ2n) is 13.4. The van der Waals surface area contributed by atoms with Crippen LogP contribution in [0, 0.1) is 0 Å². The zero-order chi connectivity index (χ0) is 32.3. The van der Waals surface area contributed by atoms with Gasteiger partial charge in [0.25, 0.3) is 0 Å². The Hall–Kier alpha value is -5.25. The standard InChI is InChI=1S/C46H35NOS/c1-2-8-30(9-3-1)31-14-20-35(21-15-31)47(37-24-27-45-41(29-37)39-10-5-7-13-44(39)49-45)36-22-16-32(17-23-36)33-18-25-38-34(28-33)19-26-43-46(38)40-11-4-6-12-42(40)48-43/h1-5,7-11,14-17,19-24,26-29,44H,6,12-13,18,25H2. The molecule has 5 aromatic carbocycles. The molecular weight excluding hydrogens is 615 g/mol. The summed E-state index contributed by atoms with van der Waals surface area (Å²) >= 11 is 2.00. The first-order valence-electron chi connectivity index (χ1n) is 17.4. The van der Waals surface area contributed by atoms with E-state index in [1.165, 1.54) is 66.1 Å². The molecular formula is C46H35NOS. The Morgan fingerprint density at radius 3 is 2.31 bits per heavy atom. The van der Waals surface area contributed by atoms with Crippen LogP contribution in [0.2, 0.25) is 0 Å². The Bertz CT molecular complexity index is 2370. The molecule has 3 heteroatoms. The van der Waals surface area contributed by atoms with Crippen molar-refractivity contribution in [2.75, 3.05) is 4.90 Å². The average molecular weight is 650 g/mol. The molecule has 0 N–H and O–H groups in total. The number of allylic oxidation sites excluding steroid dienone is 5. The molecule has 2 heterocycles. The van der Waals surface area contributed by atoms with Crippen LogP contribution in [-0.4, -0.2) is 5.25 Å². The van der Waals surface area contributed by atoms with Crippen molar-refractivity contribution in [1.29, 1.82) is 0 Å². The van der Waals surface area contributed by atoms with Crippen LogP contribution in [0.25, 0.3) is 45.4 Å². The van der Waals surface area contributed by atoms with Crippen LogP contribution in [0.15, 0.2) is 143 Å². The number of nitrogens with zero attached hydrogens (tertiary/aromatic N) is 1. The summed E-state index contributed by atoms with van der Waals surface area (Å²) in [6.45, 7) is 0. The smallest absolute Gasteiger partial charge is 0.135 e. The van der Waals surface area contributed by atoms with Crippen molar-refractivity contribution in [2.45, 2.75) is 42.2 Å². The van der Waals surface area contributed by atoms with Gasteiger partial charge in [-0.3, -0.25) is 0 Å². The second-order valence-corrected chi connectivity index (χ2v) is 14.7. The lowest BCUT2D eigenvalue weighted by atomic mass is 9.85. The number of hydrogen-bond donors (Lipinski definition) is 0. The summed E-state index contributed by atoms with van der Waals surface area (Å²) < 4.78 is 6.27. The van der Waals surface area contributed by atoms with Gasteiger partial charge in [-0.05, 0) is 119 Å². The molecule has 2 nitrogen and oxygen atoms in total. The minimum Gasteiger partial charge on any atom is -0.460 e. The van der Waals surface area contributed by atoms with Crippen LogP contribution in [-0.2, 0) is 12.8 Å². The van der Waals surface area contributed by atoms with E-state index in [0.29, 0.717) is 5.25 Å². The van der Waals surface area contributed by atoms with E-state index in [0.717, 1.165) is 54.8 Å². The molecule has 0 spiro atoms. The fraction of sp³-hybridized carbons (Fsp3) is 0.130. The Kier molecular flexibility index (Phi) is 6.87. The summed E-state index contributed by atoms with van der Waals surface area (Å²) in [7, 11) is 0. The molecule has 1 unspecified atom stereocenters. The van der Waals surface area contributed by atoms with Gasteiger partial charge < -0.3 is 9.32 Å². The molecule has 0 bridgehead atoms. The van der Waals surface area contributed by atoms with E-state index in [4.69, 9.17) is 4.42 Å². The molecule has 6 aromatic rings. The van der Waals surface area contributed by atoms with E-state index < -0.39 is 0 Å². The number of furan rings is 1. The molecule has 3 aliphatic carbocycles. The molecule has 0 saturated carbocycles. The molecule has 10 rings (SSSR count). The Morgan fingerprint density at radius 2 is 1.47 bits per heavy atom. The third-order valence-corrected chi connectivity index (χ3v) is 11.9. The van der Waals surface area contributed by atoms with E-state index in [-0.39, 0.29) is 0 Å². The van der Waals surface area contributed by atoms with Crippen molar-refractivity contribution in [2.24, 2.45) is 0 Å². The highest BCUT2D eigenvalue weighted by molar-refractivity contribution is 8.00. The maximum absolute atomic E-state index is 6.27. The summed E-state index contributed by atoms with van der Waals surface area (Å²) in [5.41, 5.74) is 16.5. The SMILES string of the molecule is C1=CCC2Sc3ccc(N(c4ccc(C5=Cc6ccc7oc8c(c7c6CC5)C=CCC8)cc4)c4ccc(-c5ccccc5)cc4)cc3C2=C1. The monoisotopic (exact) mass is 649 g/mol. The Morgan fingerprint density at radius 1 is 0.694 bits per heavy atom. The number of thioether (sulfide) groups is 1. The normalized spacial score (nSPS) is 17.2. The highest BCUT2D eigenvalue weighted by atomic mass is 32.2. The first kappa shape index (κ1) is 28.7. The van der Waals surface area contributed by atoms with Gasteiger partial charge in [0.05, 0.1) is 0 Å². The van der Waals surface area contributed by atoms with Crippen LogP contribution in [0.4, 0.5) is 17.1 Å². The lowest BCUT2D eigenvalue weighted by molar-refractivity contribution is 0.546. The number of anilines is 3. The van der Waals surface area contributed by atoms with Gasteiger partial charge >= 0.3 is 0 Å². The van der Waals surface area contributed by atoms with Crippen molar-refractivity contribution in [1.82, 2.24) is 0 Å². The molecule has 4 aliphatic rings. The summed E-state index contributed by atoms with van der Waals surface area (Å²) in [5, 5.41) is 1.84. The maximum atomic E-state index is 6.27. The van der Waals surface area contributed by atoms with Gasteiger partial charge in [0.2, 0.25) is 0 Å². The van der Waals surface area contributed by atoms with E-state index >= 15 is 0 Å². The van der Waals surface area contributed by atoms with E-state index in [2.05, 4.69) is 151 Å². The van der Waals surface area contributed by atoms with E-state index in [1.807, 2.05) is 11.8 Å². The predicted molar refractivity (Wildman–Crippen MR) is 208 cm³/mol. The molecule has 0 radical (unpaired) electrons. The number of fused-ring (bicyclic) bond motifs is 8. The van der Waals surface area contributed by atoms with Crippen LogP contribution in [0.5, 0.6) is 0 Å². The summed E-state index contributed by atoms with van der Waals surface area (Å²) in [5.74, 6) is 1.14. The zero-order valence-corrected chi connectivity index (χ0v) is 28.0. The van der Waals surface area contributed by atoms with Crippen LogP contribution >= 0.6 is 11.8 Å². The van der Waals surface area contributed by atoms with Crippen molar-refractivity contribution in [3.05, 3.63) is 167 Å². The average Bonchev–Trinajstić information content (AvgIpc) is 3.74. The van der Waals surface area contributed by atoms with Gasteiger partial charge in [-0.2, -0.15) is 0 Å². The third kappa shape index (κ3) is 4.95. The predicted octanol–water partition coefficient (Wildman–Crippen LogP) is 12.8. The third-order valence-electron chi connectivity index (χ3n) is 10.5. The van der Waals surface area contributed by atoms with Crippen LogP contribution in [0.1, 0.15) is 52.8 Å². The highest BCUT2D eigenvalue weighted by Crippen LogP contribution is 2.50. The molecule has 1 atom stereocenters. The molecule has 0 fully saturated rings. The fourth-order valence-corrected chi connectivity index (χ4v) is 9.40. The Balaban J connectivity index is 1.02. The first-order valence-corrected chi connectivity index (χ1v) is 18.3. The lowest BCUT2D eigenvalue weighted by Gasteiger charge is -2.27. The van der Waals surface area contributed by atoms with Gasteiger partial charge in [-0.1, -0.05) is 97.1 Å². The van der Waals surface area contributed by atoms with Gasteiger partial charge in [-0.25, -0.2) is 0 Å². The molecule has 236 valence electrons. The zero-order valence-electron chi connectivity index (χ0n) is 27.2. The Labute approximate surface area is 291 Å². The molecule has 1 aromatic heterocycles. The van der Waals surface area contributed by atoms with Gasteiger partial charge in [0.1, 0.15) is 11.3 Å². The fourth-order valence-electron chi connectivity index (χ4n) is 8.11. The quantitative estimate of drug-likeness (QED) is 0.185. The minimum atomic E-state index is 0.522. The van der Waals surface area contributed by atoms with Gasteiger partial charge in [0.15, 0.2) is 0 Å². The topological polar surface area (TPSA) is 16.4 Å². The molecule has 0 amide bonds. The van der Waals surface area contributed by atoms with Crippen molar-refractivity contribution >= 4 is 63.1 Å². The number of hydrogen-bond acceptors (Lipinski definition) is 3. The summed E-state index contributed by atoms with van der Waals surface area (Å²) in [4.78, 5) is 3.79. The number of aryl methyl sites for hydroxylation is 2. The second kappa shape index (κ2) is 11.7. The number of rotatable bonds is 5. The van der Waals surface area contributed by atoms with Crippen LogP contribution in [0.3, 0.4) is 0 Å². The molecule has 1 aliphatic heterocycles. The summed E-state index contributed by atoms with van der Waals surface area (Å²) in [6.07, 6.45) is 19.0. The van der Waals surface area contributed by atoms with Gasteiger partial charge in [0, 0.05) is 44.6 Å².